The molecule has 0 aromatic heterocycles. The van der Waals surface area contributed by atoms with Crippen LogP contribution in [0.5, 0.6) is 0 Å². The van der Waals surface area contributed by atoms with E-state index in [4.69, 9.17) is 11.6 Å². The van der Waals surface area contributed by atoms with Crippen LogP contribution < -0.4 is 9.21 Å². The molecule has 2 aromatic carbocycles. The highest BCUT2D eigenvalue weighted by molar-refractivity contribution is 7.94. The summed E-state index contributed by atoms with van der Waals surface area (Å²) in [6.07, 6.45) is -0.0604. The minimum absolute atomic E-state index is 0.0604. The Morgan fingerprint density at radius 1 is 1.00 bits per heavy atom. The topological polar surface area (TPSA) is 78.0 Å². The number of rotatable bonds is 3. The van der Waals surface area contributed by atoms with Crippen molar-refractivity contribution in [3.8, 4) is 0 Å². The lowest BCUT2D eigenvalue weighted by Crippen LogP contribution is -2.48. The summed E-state index contributed by atoms with van der Waals surface area (Å²) in [6.45, 7) is 4.46. The van der Waals surface area contributed by atoms with Gasteiger partial charge in [0.2, 0.25) is 15.9 Å². The van der Waals surface area contributed by atoms with Crippen molar-refractivity contribution in [2.75, 3.05) is 41.1 Å². The van der Waals surface area contributed by atoms with Crippen LogP contribution in [-0.4, -0.2) is 57.1 Å². The van der Waals surface area contributed by atoms with Crippen molar-refractivity contribution < 1.29 is 18.0 Å². The Kier molecular flexibility index (Phi) is 5.46. The molecule has 7 nitrogen and oxygen atoms in total. The van der Waals surface area contributed by atoms with Gasteiger partial charge in [0.05, 0.1) is 22.0 Å². The van der Waals surface area contributed by atoms with Crippen molar-refractivity contribution in [3.05, 3.63) is 58.6 Å². The lowest BCUT2D eigenvalue weighted by Gasteiger charge is -2.36. The molecule has 2 amide bonds. The summed E-state index contributed by atoms with van der Waals surface area (Å²) >= 11 is 6.26. The number of anilines is 2. The largest absolute Gasteiger partial charge is 0.368 e. The van der Waals surface area contributed by atoms with E-state index in [0.717, 1.165) is 9.99 Å². The highest BCUT2D eigenvalue weighted by Gasteiger charge is 2.37. The second kappa shape index (κ2) is 7.92. The van der Waals surface area contributed by atoms with Crippen LogP contribution in [0, 0.1) is 6.92 Å². The molecule has 0 atom stereocenters. The summed E-state index contributed by atoms with van der Waals surface area (Å²) in [5.74, 6) is -0.990. The van der Waals surface area contributed by atoms with Gasteiger partial charge in [0.25, 0.3) is 5.91 Å². The second-order valence-corrected chi connectivity index (χ2v) is 9.85. The van der Waals surface area contributed by atoms with Crippen molar-refractivity contribution >= 4 is 44.8 Å². The molecule has 2 saturated heterocycles. The predicted octanol–water partition coefficient (Wildman–Crippen LogP) is 2.68. The van der Waals surface area contributed by atoms with E-state index in [1.54, 1.807) is 4.90 Å². The van der Waals surface area contributed by atoms with Gasteiger partial charge in [-0.05, 0) is 42.8 Å². The number of benzene rings is 2. The fraction of sp³-hybridized carbons (Fsp3) is 0.333. The Hall–Kier alpha value is -2.58. The molecule has 0 saturated carbocycles. The molecule has 2 fully saturated rings. The Balaban J connectivity index is 1.52. The Morgan fingerprint density at radius 2 is 1.73 bits per heavy atom. The average molecular weight is 448 g/mol. The first-order valence-electron chi connectivity index (χ1n) is 9.72. The zero-order chi connectivity index (χ0) is 21.5. The smallest absolute Gasteiger partial charge is 0.255 e. The SMILES string of the molecule is Cc1cccc(N2CCN(C(=O)c3cc(N4C(=O)CCS4(=O)=O)ccc3Cl)CC2)c1. The quantitative estimate of drug-likeness (QED) is 0.722. The molecule has 0 bridgehead atoms. The van der Waals surface area contributed by atoms with Crippen LogP contribution in [0.1, 0.15) is 22.3 Å². The highest BCUT2D eigenvalue weighted by atomic mass is 35.5. The lowest BCUT2D eigenvalue weighted by atomic mass is 10.1. The van der Waals surface area contributed by atoms with Gasteiger partial charge in [-0.1, -0.05) is 23.7 Å². The van der Waals surface area contributed by atoms with Crippen LogP contribution in [0.25, 0.3) is 0 Å². The van der Waals surface area contributed by atoms with E-state index in [2.05, 4.69) is 17.0 Å². The van der Waals surface area contributed by atoms with E-state index in [1.165, 1.54) is 23.8 Å². The number of piperazine rings is 1. The minimum Gasteiger partial charge on any atom is -0.368 e. The molecule has 0 N–H and O–H groups in total. The molecule has 0 radical (unpaired) electrons. The number of halogens is 1. The number of hydrogen-bond donors (Lipinski definition) is 0. The Morgan fingerprint density at radius 3 is 2.37 bits per heavy atom. The average Bonchev–Trinajstić information content (AvgIpc) is 3.00. The van der Waals surface area contributed by atoms with Gasteiger partial charge in [0, 0.05) is 38.3 Å². The van der Waals surface area contributed by atoms with E-state index in [9.17, 15) is 18.0 Å². The van der Waals surface area contributed by atoms with E-state index in [-0.39, 0.29) is 34.4 Å². The van der Waals surface area contributed by atoms with Crippen LogP contribution >= 0.6 is 11.6 Å². The molecule has 2 aliphatic rings. The van der Waals surface area contributed by atoms with Crippen LogP contribution in [0.15, 0.2) is 42.5 Å². The van der Waals surface area contributed by atoms with Gasteiger partial charge in [0.1, 0.15) is 0 Å². The van der Waals surface area contributed by atoms with E-state index in [1.807, 2.05) is 19.1 Å². The molecule has 0 aliphatic carbocycles. The zero-order valence-corrected chi connectivity index (χ0v) is 18.1. The number of hydrogen-bond acceptors (Lipinski definition) is 5. The molecular formula is C21H22ClN3O4S. The van der Waals surface area contributed by atoms with Crippen LogP contribution in [-0.2, 0) is 14.8 Å². The van der Waals surface area contributed by atoms with Gasteiger partial charge >= 0.3 is 0 Å². The molecule has 0 spiro atoms. The summed E-state index contributed by atoms with van der Waals surface area (Å²) in [5, 5.41) is 0.230. The molecule has 9 heteroatoms. The van der Waals surface area contributed by atoms with Crippen molar-refractivity contribution in [2.45, 2.75) is 13.3 Å². The third-order valence-electron chi connectivity index (χ3n) is 5.43. The van der Waals surface area contributed by atoms with E-state index in [0.29, 0.717) is 26.2 Å². The summed E-state index contributed by atoms with van der Waals surface area (Å²) in [6, 6.07) is 12.6. The number of aryl methyl sites for hydroxylation is 1. The van der Waals surface area contributed by atoms with E-state index >= 15 is 0 Å². The van der Waals surface area contributed by atoms with Crippen molar-refractivity contribution in [3.63, 3.8) is 0 Å². The summed E-state index contributed by atoms with van der Waals surface area (Å²) in [5.41, 5.74) is 2.66. The van der Waals surface area contributed by atoms with Gasteiger partial charge < -0.3 is 9.80 Å². The van der Waals surface area contributed by atoms with Gasteiger partial charge in [-0.2, -0.15) is 0 Å². The standard InChI is InChI=1S/C21H22ClN3O4S/c1-15-3-2-4-16(13-15)23-8-10-24(11-9-23)21(27)18-14-17(5-6-19(18)22)25-20(26)7-12-30(25,28)29/h2-6,13-14H,7-12H2,1H3. The number of carbonyl (C=O) groups is 2. The van der Waals surface area contributed by atoms with Gasteiger partial charge in [-0.3, -0.25) is 9.59 Å². The first-order valence-corrected chi connectivity index (χ1v) is 11.7. The van der Waals surface area contributed by atoms with Crippen molar-refractivity contribution in [1.82, 2.24) is 4.90 Å². The maximum Gasteiger partial charge on any atom is 0.255 e. The molecule has 2 aliphatic heterocycles. The molecule has 158 valence electrons. The number of amides is 2. The van der Waals surface area contributed by atoms with E-state index < -0.39 is 15.9 Å². The fourth-order valence-corrected chi connectivity index (χ4v) is 5.48. The molecule has 4 rings (SSSR count). The number of carbonyl (C=O) groups excluding carboxylic acids is 2. The highest BCUT2D eigenvalue weighted by Crippen LogP contribution is 2.30. The lowest BCUT2D eigenvalue weighted by molar-refractivity contribution is -0.116. The first kappa shape index (κ1) is 20.7. The van der Waals surface area contributed by atoms with Gasteiger partial charge in [0.15, 0.2) is 0 Å². The third-order valence-corrected chi connectivity index (χ3v) is 7.45. The predicted molar refractivity (Wildman–Crippen MR) is 117 cm³/mol. The first-order chi connectivity index (χ1) is 14.3. The normalized spacial score (nSPS) is 18.7. The van der Waals surface area contributed by atoms with Crippen molar-refractivity contribution in [2.24, 2.45) is 0 Å². The zero-order valence-electron chi connectivity index (χ0n) is 16.5. The molecule has 2 aromatic rings. The molecule has 2 heterocycles. The molecular weight excluding hydrogens is 426 g/mol. The fourth-order valence-electron chi connectivity index (χ4n) is 3.84. The van der Waals surface area contributed by atoms with Crippen molar-refractivity contribution in [1.29, 1.82) is 0 Å². The maximum atomic E-state index is 13.1. The maximum absolute atomic E-state index is 13.1. The van der Waals surface area contributed by atoms with Gasteiger partial charge in [-0.25, -0.2) is 12.7 Å². The van der Waals surface area contributed by atoms with Crippen LogP contribution in [0.4, 0.5) is 11.4 Å². The Bertz CT molecular complexity index is 1110. The molecule has 30 heavy (non-hydrogen) atoms. The minimum atomic E-state index is -3.70. The third kappa shape index (κ3) is 3.89. The van der Waals surface area contributed by atoms with Crippen LogP contribution in [0.3, 0.4) is 0 Å². The van der Waals surface area contributed by atoms with Crippen LogP contribution in [0.2, 0.25) is 5.02 Å². The van der Waals surface area contributed by atoms with Gasteiger partial charge in [-0.15, -0.1) is 0 Å². The summed E-state index contributed by atoms with van der Waals surface area (Å²) < 4.78 is 25.2. The Labute approximate surface area is 180 Å². The monoisotopic (exact) mass is 447 g/mol. The summed E-state index contributed by atoms with van der Waals surface area (Å²) in [7, 11) is -3.70. The number of sulfonamides is 1. The summed E-state index contributed by atoms with van der Waals surface area (Å²) in [4.78, 5) is 29.1. The molecule has 0 unspecified atom stereocenters. The number of nitrogens with zero attached hydrogens (tertiary/aromatic N) is 3. The second-order valence-electron chi connectivity index (χ2n) is 7.51.